The number of carbonyl (C=O) groups is 1. The van der Waals surface area contributed by atoms with E-state index in [9.17, 15) is 9.90 Å². The van der Waals surface area contributed by atoms with Crippen LogP contribution in [0.4, 0.5) is 0 Å². The Hall–Kier alpha value is -1.51. The van der Waals surface area contributed by atoms with Gasteiger partial charge in [-0.3, -0.25) is 4.79 Å². The fraction of sp³-hybridized carbons (Fsp3) is 0.696. The van der Waals surface area contributed by atoms with E-state index in [1.54, 1.807) is 0 Å². The Labute approximate surface area is 151 Å². The van der Waals surface area contributed by atoms with E-state index in [1.807, 2.05) is 6.08 Å². The fourth-order valence-corrected chi connectivity index (χ4v) is 6.95. The minimum Gasteiger partial charge on any atom is -0.377 e. The van der Waals surface area contributed by atoms with Crippen LogP contribution in [0.3, 0.4) is 0 Å². The Bertz CT molecular complexity index is 729. The third kappa shape index (κ3) is 2.34. The molecule has 0 heterocycles. The predicted molar refractivity (Wildman–Crippen MR) is 98.2 cm³/mol. The zero-order chi connectivity index (χ0) is 17.8. The van der Waals surface area contributed by atoms with E-state index >= 15 is 0 Å². The summed E-state index contributed by atoms with van der Waals surface area (Å²) in [4.78, 5) is 11.9. The van der Waals surface area contributed by atoms with Crippen LogP contribution in [0.2, 0.25) is 0 Å². The average Bonchev–Trinajstić information content (AvgIpc) is 2.84. The van der Waals surface area contributed by atoms with Gasteiger partial charge in [0.05, 0.1) is 0 Å². The summed E-state index contributed by atoms with van der Waals surface area (Å²) < 4.78 is 0. The maximum absolute atomic E-state index is 11.9. The van der Waals surface area contributed by atoms with Crippen LogP contribution < -0.4 is 0 Å². The molecule has 0 amide bonds. The van der Waals surface area contributed by atoms with Gasteiger partial charge in [0.25, 0.3) is 0 Å². The second kappa shape index (κ2) is 5.75. The van der Waals surface area contributed by atoms with E-state index in [-0.39, 0.29) is 5.41 Å². The smallest absolute Gasteiger partial charge is 0.155 e. The van der Waals surface area contributed by atoms with Crippen LogP contribution in [-0.4, -0.2) is 16.5 Å². The molecule has 7 atom stereocenters. The largest absolute Gasteiger partial charge is 0.377 e. The van der Waals surface area contributed by atoms with Gasteiger partial charge >= 0.3 is 0 Å². The van der Waals surface area contributed by atoms with Gasteiger partial charge in [-0.2, -0.15) is 0 Å². The number of allylic oxidation sites excluding steroid dienone is 1. The highest BCUT2D eigenvalue weighted by Gasteiger charge is 2.63. The molecular formula is C23H28O2. The Morgan fingerprint density at radius 1 is 1.28 bits per heavy atom. The number of fused-ring (bicyclic) bond motifs is 5. The van der Waals surface area contributed by atoms with E-state index in [0.29, 0.717) is 41.8 Å². The minimum absolute atomic E-state index is 0.155. The first-order valence-corrected chi connectivity index (χ1v) is 9.83. The minimum atomic E-state index is -0.937. The lowest BCUT2D eigenvalue weighted by Gasteiger charge is -2.56. The van der Waals surface area contributed by atoms with Gasteiger partial charge in [-0.1, -0.05) is 25.3 Å². The summed E-state index contributed by atoms with van der Waals surface area (Å²) in [6, 6.07) is 0. The van der Waals surface area contributed by atoms with Crippen molar-refractivity contribution >= 4 is 5.78 Å². The third-order valence-corrected chi connectivity index (χ3v) is 8.13. The Morgan fingerprint density at radius 3 is 2.84 bits per heavy atom. The molecule has 1 N–H and O–H groups in total. The standard InChI is InChI=1S/C23H28O2/c1-4-5-10-23(25)12-9-20-21-15(2)13-16-14-17(24)6-7-18(16)19(21)8-11-22(20,23)3/h1,14-15,18-21,25H,6-9,11-13H2,2-3H3/t15-,18?,19?,20?,21?,22+,23+/m1/s1. The molecule has 3 saturated carbocycles. The quantitative estimate of drug-likeness (QED) is 0.684. The van der Waals surface area contributed by atoms with Gasteiger partial charge in [0.1, 0.15) is 5.60 Å². The van der Waals surface area contributed by atoms with Crippen molar-refractivity contribution in [2.24, 2.45) is 35.0 Å². The van der Waals surface area contributed by atoms with Gasteiger partial charge in [0.15, 0.2) is 5.78 Å². The molecule has 0 aliphatic heterocycles. The number of hydrogen-bond donors (Lipinski definition) is 1. The molecule has 132 valence electrons. The van der Waals surface area contributed by atoms with Crippen molar-refractivity contribution in [3.8, 4) is 24.2 Å². The zero-order valence-electron chi connectivity index (χ0n) is 15.3. The zero-order valence-corrected chi connectivity index (χ0v) is 15.3. The fourth-order valence-electron chi connectivity index (χ4n) is 6.95. The first-order valence-electron chi connectivity index (χ1n) is 9.83. The van der Waals surface area contributed by atoms with Crippen LogP contribution in [0.15, 0.2) is 11.6 Å². The van der Waals surface area contributed by atoms with Crippen LogP contribution in [0.1, 0.15) is 58.8 Å². The molecule has 0 aromatic carbocycles. The summed E-state index contributed by atoms with van der Waals surface area (Å²) in [5, 5.41) is 11.3. The maximum Gasteiger partial charge on any atom is 0.155 e. The molecule has 0 aromatic heterocycles. The second-order valence-electron chi connectivity index (χ2n) is 9.11. The molecule has 4 aliphatic carbocycles. The molecule has 2 heteroatoms. The molecule has 0 spiro atoms. The Balaban J connectivity index is 1.68. The molecule has 3 fully saturated rings. The van der Waals surface area contributed by atoms with E-state index in [0.717, 1.165) is 38.5 Å². The summed E-state index contributed by atoms with van der Waals surface area (Å²) in [5.74, 6) is 11.4. The van der Waals surface area contributed by atoms with Crippen LogP contribution in [0.5, 0.6) is 0 Å². The predicted octanol–water partition coefficient (Wildman–Crippen LogP) is 3.74. The normalized spacial score (nSPS) is 48.2. The molecule has 4 aliphatic rings. The number of rotatable bonds is 0. The van der Waals surface area contributed by atoms with Crippen molar-refractivity contribution in [3.05, 3.63) is 11.6 Å². The summed E-state index contributed by atoms with van der Waals surface area (Å²) in [6.07, 6.45) is 14.0. The highest BCUT2D eigenvalue weighted by Crippen LogP contribution is 2.65. The molecule has 0 saturated heterocycles. The lowest BCUT2D eigenvalue weighted by Crippen LogP contribution is -2.54. The number of terminal acetylenes is 1. The van der Waals surface area contributed by atoms with Crippen LogP contribution >= 0.6 is 0 Å². The third-order valence-electron chi connectivity index (χ3n) is 8.13. The molecule has 0 aromatic rings. The van der Waals surface area contributed by atoms with Crippen LogP contribution in [0, 0.1) is 59.2 Å². The molecule has 4 rings (SSSR count). The van der Waals surface area contributed by atoms with Gasteiger partial charge in [-0.15, -0.1) is 6.42 Å². The van der Waals surface area contributed by atoms with Crippen molar-refractivity contribution in [3.63, 3.8) is 0 Å². The monoisotopic (exact) mass is 336 g/mol. The van der Waals surface area contributed by atoms with Crippen molar-refractivity contribution < 1.29 is 9.90 Å². The van der Waals surface area contributed by atoms with E-state index in [4.69, 9.17) is 6.42 Å². The maximum atomic E-state index is 11.9. The van der Waals surface area contributed by atoms with Crippen molar-refractivity contribution in [1.82, 2.24) is 0 Å². The molecular weight excluding hydrogens is 308 g/mol. The highest BCUT2D eigenvalue weighted by atomic mass is 16.3. The second-order valence-corrected chi connectivity index (χ2v) is 9.11. The first kappa shape index (κ1) is 16.9. The van der Waals surface area contributed by atoms with E-state index in [2.05, 4.69) is 31.6 Å². The molecule has 0 radical (unpaired) electrons. The topological polar surface area (TPSA) is 37.3 Å². The SMILES string of the molecule is C#CC#C[C@]1(O)CCC2C3C(CC[C@@]21C)C1CCC(=O)C=C1C[C@H]3C. The van der Waals surface area contributed by atoms with Gasteiger partial charge in [0, 0.05) is 11.8 Å². The van der Waals surface area contributed by atoms with E-state index in [1.165, 1.54) is 5.57 Å². The number of ketones is 1. The summed E-state index contributed by atoms with van der Waals surface area (Å²) >= 11 is 0. The van der Waals surface area contributed by atoms with Gasteiger partial charge in [0.2, 0.25) is 0 Å². The summed E-state index contributed by atoms with van der Waals surface area (Å²) in [5.41, 5.74) is 0.319. The van der Waals surface area contributed by atoms with Crippen LogP contribution in [0.25, 0.3) is 0 Å². The first-order chi connectivity index (χ1) is 11.9. The van der Waals surface area contributed by atoms with Gasteiger partial charge in [-0.25, -0.2) is 0 Å². The van der Waals surface area contributed by atoms with Crippen LogP contribution in [-0.2, 0) is 4.79 Å². The van der Waals surface area contributed by atoms with Gasteiger partial charge in [-0.05, 0) is 86.0 Å². The van der Waals surface area contributed by atoms with Crippen molar-refractivity contribution in [2.75, 3.05) is 0 Å². The van der Waals surface area contributed by atoms with Gasteiger partial charge < -0.3 is 5.11 Å². The average molecular weight is 336 g/mol. The Morgan fingerprint density at radius 2 is 2.08 bits per heavy atom. The number of hydrogen-bond acceptors (Lipinski definition) is 2. The number of aliphatic hydroxyl groups is 1. The number of carbonyl (C=O) groups excluding carboxylic acids is 1. The lowest BCUT2D eigenvalue weighted by atomic mass is 9.48. The Kier molecular flexibility index (Phi) is 3.90. The van der Waals surface area contributed by atoms with Crippen molar-refractivity contribution in [2.45, 2.75) is 64.4 Å². The molecule has 25 heavy (non-hydrogen) atoms. The lowest BCUT2D eigenvalue weighted by molar-refractivity contribution is -0.117. The van der Waals surface area contributed by atoms with E-state index < -0.39 is 5.60 Å². The molecule has 4 unspecified atom stereocenters. The molecule has 0 bridgehead atoms. The highest BCUT2D eigenvalue weighted by molar-refractivity contribution is 5.91. The summed E-state index contributed by atoms with van der Waals surface area (Å²) in [7, 11) is 0. The van der Waals surface area contributed by atoms with Crippen molar-refractivity contribution in [1.29, 1.82) is 0 Å². The summed E-state index contributed by atoms with van der Waals surface area (Å²) in [6.45, 7) is 4.60. The molecule has 2 nitrogen and oxygen atoms in total.